The average molecular weight is 247 g/mol. The fourth-order valence-corrected chi connectivity index (χ4v) is 2.43. The largest absolute Gasteiger partial charge is 0.497 e. The number of thiazole rings is 1. The normalized spacial score (nSPS) is 11.5. The van der Waals surface area contributed by atoms with Gasteiger partial charge in [-0.05, 0) is 24.3 Å². The fourth-order valence-electron chi connectivity index (χ4n) is 1.51. The molecular formula is C14H17NOS. The summed E-state index contributed by atoms with van der Waals surface area (Å²) in [5, 5.41) is 3.28. The Bertz CT molecular complexity index is 494. The van der Waals surface area contributed by atoms with Gasteiger partial charge in [0.25, 0.3) is 0 Å². The Hall–Kier alpha value is -1.35. The molecule has 0 unspecified atom stereocenters. The van der Waals surface area contributed by atoms with Crippen molar-refractivity contribution in [3.05, 3.63) is 34.7 Å². The van der Waals surface area contributed by atoms with Gasteiger partial charge in [-0.3, -0.25) is 0 Å². The van der Waals surface area contributed by atoms with Crippen molar-refractivity contribution < 1.29 is 4.74 Å². The minimum atomic E-state index is 0.120. The summed E-state index contributed by atoms with van der Waals surface area (Å²) >= 11 is 1.72. The second kappa shape index (κ2) is 4.49. The molecule has 0 radical (unpaired) electrons. The molecule has 0 aliphatic heterocycles. The highest BCUT2D eigenvalue weighted by Gasteiger charge is 2.18. The Balaban J connectivity index is 2.30. The summed E-state index contributed by atoms with van der Waals surface area (Å²) in [6.07, 6.45) is 0. The predicted octanol–water partition coefficient (Wildman–Crippen LogP) is 4.12. The average Bonchev–Trinajstić information content (AvgIpc) is 2.78. The molecule has 0 N–H and O–H groups in total. The van der Waals surface area contributed by atoms with Gasteiger partial charge in [0.2, 0.25) is 0 Å². The van der Waals surface area contributed by atoms with E-state index in [0.717, 1.165) is 17.0 Å². The number of methoxy groups -OCH3 is 1. The van der Waals surface area contributed by atoms with E-state index in [2.05, 4.69) is 31.1 Å². The number of hydrogen-bond donors (Lipinski definition) is 0. The van der Waals surface area contributed by atoms with Crippen molar-refractivity contribution in [1.82, 2.24) is 4.98 Å². The first-order valence-electron chi connectivity index (χ1n) is 5.61. The summed E-state index contributed by atoms with van der Waals surface area (Å²) in [4.78, 5) is 4.68. The number of hydrogen-bond acceptors (Lipinski definition) is 3. The molecule has 1 heterocycles. The van der Waals surface area contributed by atoms with E-state index in [1.807, 2.05) is 24.3 Å². The number of ether oxygens (including phenoxy) is 1. The highest BCUT2D eigenvalue weighted by atomic mass is 32.1. The first-order chi connectivity index (χ1) is 8.00. The number of rotatable bonds is 2. The topological polar surface area (TPSA) is 22.1 Å². The quantitative estimate of drug-likeness (QED) is 0.796. The van der Waals surface area contributed by atoms with E-state index in [4.69, 9.17) is 4.74 Å². The standard InChI is InChI=1S/C14H17NOS/c1-14(2,3)13-15-12(9-17-13)10-5-7-11(16-4)8-6-10/h5-9H,1-4H3. The summed E-state index contributed by atoms with van der Waals surface area (Å²) in [7, 11) is 1.68. The first-order valence-corrected chi connectivity index (χ1v) is 6.49. The van der Waals surface area contributed by atoms with Crippen LogP contribution in [0.5, 0.6) is 5.75 Å². The maximum absolute atomic E-state index is 5.15. The van der Waals surface area contributed by atoms with E-state index >= 15 is 0 Å². The second-order valence-electron chi connectivity index (χ2n) is 5.02. The summed E-state index contributed by atoms with van der Waals surface area (Å²) in [6.45, 7) is 6.55. The minimum Gasteiger partial charge on any atom is -0.497 e. The summed E-state index contributed by atoms with van der Waals surface area (Å²) in [6, 6.07) is 8.01. The molecule has 0 fully saturated rings. The Kier molecular flexibility index (Phi) is 3.20. The molecule has 0 aliphatic carbocycles. The van der Waals surface area contributed by atoms with Gasteiger partial charge in [-0.2, -0.15) is 0 Å². The van der Waals surface area contributed by atoms with E-state index < -0.39 is 0 Å². The maximum Gasteiger partial charge on any atom is 0.118 e. The van der Waals surface area contributed by atoms with Crippen molar-refractivity contribution in [2.24, 2.45) is 0 Å². The molecule has 17 heavy (non-hydrogen) atoms. The zero-order valence-electron chi connectivity index (χ0n) is 10.7. The lowest BCUT2D eigenvalue weighted by Gasteiger charge is -2.13. The molecule has 3 heteroatoms. The first kappa shape index (κ1) is 12.1. The van der Waals surface area contributed by atoms with Crippen LogP contribution in [0.2, 0.25) is 0 Å². The van der Waals surface area contributed by atoms with Crippen LogP contribution in [-0.2, 0) is 5.41 Å². The van der Waals surface area contributed by atoms with Gasteiger partial charge in [0.05, 0.1) is 17.8 Å². The molecule has 0 saturated heterocycles. The number of nitrogens with zero attached hydrogens (tertiary/aromatic N) is 1. The van der Waals surface area contributed by atoms with Crippen LogP contribution in [-0.4, -0.2) is 12.1 Å². The third kappa shape index (κ3) is 2.67. The zero-order chi connectivity index (χ0) is 12.5. The molecule has 90 valence electrons. The SMILES string of the molecule is COc1ccc(-c2csc(C(C)(C)C)n2)cc1. The lowest BCUT2D eigenvalue weighted by molar-refractivity contribution is 0.415. The molecule has 1 aromatic heterocycles. The van der Waals surface area contributed by atoms with E-state index in [0.29, 0.717) is 0 Å². The third-order valence-electron chi connectivity index (χ3n) is 2.53. The monoisotopic (exact) mass is 247 g/mol. The van der Waals surface area contributed by atoms with Crippen LogP contribution in [0.3, 0.4) is 0 Å². The fraction of sp³-hybridized carbons (Fsp3) is 0.357. The van der Waals surface area contributed by atoms with Crippen LogP contribution in [0.25, 0.3) is 11.3 Å². The van der Waals surface area contributed by atoms with E-state index in [1.54, 1.807) is 18.4 Å². The molecule has 1 aromatic carbocycles. The lowest BCUT2D eigenvalue weighted by Crippen LogP contribution is -2.10. The lowest BCUT2D eigenvalue weighted by atomic mass is 9.98. The van der Waals surface area contributed by atoms with Crippen molar-refractivity contribution in [3.63, 3.8) is 0 Å². The second-order valence-corrected chi connectivity index (χ2v) is 5.87. The highest BCUT2D eigenvalue weighted by molar-refractivity contribution is 7.10. The van der Waals surface area contributed by atoms with Crippen molar-refractivity contribution in [2.75, 3.05) is 7.11 Å². The van der Waals surface area contributed by atoms with Crippen molar-refractivity contribution in [3.8, 4) is 17.0 Å². The minimum absolute atomic E-state index is 0.120. The van der Waals surface area contributed by atoms with Gasteiger partial charge in [-0.1, -0.05) is 20.8 Å². The zero-order valence-corrected chi connectivity index (χ0v) is 11.5. The van der Waals surface area contributed by atoms with Crippen molar-refractivity contribution in [1.29, 1.82) is 0 Å². The maximum atomic E-state index is 5.15. The van der Waals surface area contributed by atoms with Crippen molar-refractivity contribution >= 4 is 11.3 Å². The Morgan fingerprint density at radius 3 is 2.24 bits per heavy atom. The van der Waals surface area contributed by atoms with Crippen LogP contribution in [0.4, 0.5) is 0 Å². The molecule has 0 amide bonds. The molecule has 0 saturated carbocycles. The smallest absolute Gasteiger partial charge is 0.118 e. The molecule has 0 aliphatic rings. The summed E-state index contributed by atoms with van der Waals surface area (Å²) < 4.78 is 5.15. The van der Waals surface area contributed by atoms with Gasteiger partial charge < -0.3 is 4.74 Å². The molecule has 2 aromatic rings. The summed E-state index contributed by atoms with van der Waals surface area (Å²) in [5.74, 6) is 0.875. The Labute approximate surface area is 106 Å². The van der Waals surface area contributed by atoms with Gasteiger partial charge in [-0.25, -0.2) is 4.98 Å². The molecule has 0 atom stereocenters. The Morgan fingerprint density at radius 2 is 1.76 bits per heavy atom. The number of benzene rings is 1. The van der Waals surface area contributed by atoms with Gasteiger partial charge in [0.1, 0.15) is 5.75 Å². The van der Waals surface area contributed by atoms with Gasteiger partial charge >= 0.3 is 0 Å². The van der Waals surface area contributed by atoms with Crippen LogP contribution in [0.1, 0.15) is 25.8 Å². The van der Waals surface area contributed by atoms with Crippen LogP contribution >= 0.6 is 11.3 Å². The molecule has 0 bridgehead atoms. The third-order valence-corrected chi connectivity index (χ3v) is 3.80. The van der Waals surface area contributed by atoms with Crippen LogP contribution in [0.15, 0.2) is 29.6 Å². The Morgan fingerprint density at radius 1 is 1.12 bits per heavy atom. The van der Waals surface area contributed by atoms with Crippen LogP contribution < -0.4 is 4.74 Å². The van der Waals surface area contributed by atoms with Crippen molar-refractivity contribution in [2.45, 2.75) is 26.2 Å². The highest BCUT2D eigenvalue weighted by Crippen LogP contribution is 2.30. The molecule has 0 spiro atoms. The van der Waals surface area contributed by atoms with E-state index in [1.165, 1.54) is 5.01 Å². The number of aromatic nitrogens is 1. The van der Waals surface area contributed by atoms with Gasteiger partial charge in [0.15, 0.2) is 0 Å². The summed E-state index contributed by atoms with van der Waals surface area (Å²) in [5.41, 5.74) is 2.30. The van der Waals surface area contributed by atoms with Gasteiger partial charge in [-0.15, -0.1) is 11.3 Å². The molecule has 2 rings (SSSR count). The van der Waals surface area contributed by atoms with E-state index in [-0.39, 0.29) is 5.41 Å². The molecular weight excluding hydrogens is 230 g/mol. The molecule has 2 nitrogen and oxygen atoms in total. The van der Waals surface area contributed by atoms with Crippen LogP contribution in [0, 0.1) is 0 Å². The predicted molar refractivity (Wildman–Crippen MR) is 72.8 cm³/mol. The van der Waals surface area contributed by atoms with E-state index in [9.17, 15) is 0 Å². The van der Waals surface area contributed by atoms with Gasteiger partial charge in [0, 0.05) is 16.4 Å².